The Morgan fingerprint density at radius 1 is 1.12 bits per heavy atom. The molecule has 2 aromatic heterocycles. The van der Waals surface area contributed by atoms with E-state index >= 15 is 0 Å². The Morgan fingerprint density at radius 2 is 1.92 bits per heavy atom. The van der Waals surface area contributed by atoms with E-state index < -0.39 is 16.1 Å². The Balaban J connectivity index is 1.90. The highest BCUT2D eigenvalue weighted by Gasteiger charge is 2.23. The van der Waals surface area contributed by atoms with Crippen LogP contribution in [-0.4, -0.2) is 28.0 Å². The number of nitrogens with zero attached hydrogens (tertiary/aromatic N) is 4. The standard InChI is InChI=1S/C17H21N5O2S/c1-3-12-22-17(9-11-19-22)25(23,24)20-14(2)15-7-4-5-8-16(15)21-13-6-10-18-21/h4-11,13-14,20H,3,12H2,1-2H3. The summed E-state index contributed by atoms with van der Waals surface area (Å²) in [5, 5.41) is 8.51. The number of hydrogen-bond acceptors (Lipinski definition) is 4. The molecule has 1 aromatic carbocycles. The predicted molar refractivity (Wildman–Crippen MR) is 94.8 cm³/mol. The molecular weight excluding hydrogens is 338 g/mol. The molecule has 8 heteroatoms. The van der Waals surface area contributed by atoms with Crippen molar-refractivity contribution in [1.29, 1.82) is 0 Å². The van der Waals surface area contributed by atoms with Gasteiger partial charge in [0.25, 0.3) is 10.0 Å². The zero-order valence-corrected chi connectivity index (χ0v) is 15.0. The van der Waals surface area contributed by atoms with E-state index in [1.54, 1.807) is 10.9 Å². The van der Waals surface area contributed by atoms with Gasteiger partial charge in [-0.1, -0.05) is 25.1 Å². The van der Waals surface area contributed by atoms with E-state index in [1.165, 1.54) is 16.9 Å². The minimum atomic E-state index is -3.68. The second kappa shape index (κ2) is 7.20. The Labute approximate surface area is 147 Å². The van der Waals surface area contributed by atoms with Gasteiger partial charge in [-0.25, -0.2) is 17.8 Å². The molecule has 0 aliphatic rings. The fourth-order valence-corrected chi connectivity index (χ4v) is 4.13. The first-order chi connectivity index (χ1) is 12.0. The summed E-state index contributed by atoms with van der Waals surface area (Å²) in [6.45, 7) is 4.36. The van der Waals surface area contributed by atoms with E-state index in [2.05, 4.69) is 14.9 Å². The van der Waals surface area contributed by atoms with Gasteiger partial charge in [-0.3, -0.25) is 4.68 Å². The topological polar surface area (TPSA) is 81.8 Å². The van der Waals surface area contributed by atoms with Crippen LogP contribution in [0.2, 0.25) is 0 Å². The van der Waals surface area contributed by atoms with Gasteiger partial charge in [-0.15, -0.1) is 0 Å². The number of aryl methyl sites for hydroxylation is 1. The summed E-state index contributed by atoms with van der Waals surface area (Å²) in [7, 11) is -3.68. The van der Waals surface area contributed by atoms with Gasteiger partial charge >= 0.3 is 0 Å². The molecule has 25 heavy (non-hydrogen) atoms. The van der Waals surface area contributed by atoms with Crippen LogP contribution in [0.1, 0.15) is 31.9 Å². The molecule has 0 bridgehead atoms. The zero-order chi connectivity index (χ0) is 17.9. The number of rotatable bonds is 7. The number of nitrogens with one attached hydrogen (secondary N) is 1. The molecule has 132 valence electrons. The van der Waals surface area contributed by atoms with Crippen molar-refractivity contribution in [3.8, 4) is 5.69 Å². The van der Waals surface area contributed by atoms with Crippen molar-refractivity contribution < 1.29 is 8.42 Å². The number of aromatic nitrogens is 4. The molecule has 7 nitrogen and oxygen atoms in total. The first-order valence-electron chi connectivity index (χ1n) is 8.16. The lowest BCUT2D eigenvalue weighted by Crippen LogP contribution is -2.29. The molecule has 0 spiro atoms. The van der Waals surface area contributed by atoms with Crippen molar-refractivity contribution in [2.24, 2.45) is 0 Å². The SMILES string of the molecule is CCCn1nccc1S(=O)(=O)NC(C)c1ccccc1-n1cccn1. The van der Waals surface area contributed by atoms with Crippen LogP contribution in [0.15, 0.2) is 60.0 Å². The molecule has 3 rings (SSSR count). The maximum atomic E-state index is 12.8. The molecule has 0 aliphatic heterocycles. The molecule has 1 N–H and O–H groups in total. The average molecular weight is 359 g/mol. The summed E-state index contributed by atoms with van der Waals surface area (Å²) in [6.07, 6.45) is 5.83. The van der Waals surface area contributed by atoms with E-state index in [4.69, 9.17) is 0 Å². The van der Waals surface area contributed by atoms with Gasteiger partial charge in [-0.05, 0) is 37.1 Å². The highest BCUT2D eigenvalue weighted by molar-refractivity contribution is 7.89. The minimum absolute atomic E-state index is 0.178. The molecule has 0 fully saturated rings. The van der Waals surface area contributed by atoms with Crippen molar-refractivity contribution in [3.63, 3.8) is 0 Å². The molecule has 0 amide bonds. The van der Waals surface area contributed by atoms with Crippen LogP contribution in [0.3, 0.4) is 0 Å². The van der Waals surface area contributed by atoms with E-state index in [0.29, 0.717) is 6.54 Å². The van der Waals surface area contributed by atoms with Crippen LogP contribution in [0.5, 0.6) is 0 Å². The Bertz CT molecular complexity index is 932. The van der Waals surface area contributed by atoms with E-state index in [-0.39, 0.29) is 5.03 Å². The normalized spacial score (nSPS) is 13.0. The highest BCUT2D eigenvalue weighted by atomic mass is 32.2. The fraction of sp³-hybridized carbons (Fsp3) is 0.294. The lowest BCUT2D eigenvalue weighted by molar-refractivity contribution is 0.517. The second-order valence-electron chi connectivity index (χ2n) is 5.75. The van der Waals surface area contributed by atoms with Gasteiger partial charge in [0, 0.05) is 25.0 Å². The van der Waals surface area contributed by atoms with Gasteiger partial charge in [0.05, 0.1) is 11.9 Å². The molecule has 1 atom stereocenters. The number of para-hydroxylation sites is 1. The predicted octanol–water partition coefficient (Wildman–Crippen LogP) is 2.52. The highest BCUT2D eigenvalue weighted by Crippen LogP contribution is 2.23. The van der Waals surface area contributed by atoms with E-state index in [9.17, 15) is 8.42 Å². The van der Waals surface area contributed by atoms with Crippen LogP contribution in [0.4, 0.5) is 0 Å². The summed E-state index contributed by atoms with van der Waals surface area (Å²) in [5.74, 6) is 0. The first kappa shape index (κ1) is 17.4. The monoisotopic (exact) mass is 359 g/mol. The van der Waals surface area contributed by atoms with E-state index in [1.807, 2.05) is 50.4 Å². The van der Waals surface area contributed by atoms with Crippen LogP contribution >= 0.6 is 0 Å². The van der Waals surface area contributed by atoms with Crippen LogP contribution in [-0.2, 0) is 16.6 Å². The summed E-state index contributed by atoms with van der Waals surface area (Å²) in [6, 6.07) is 10.5. The second-order valence-corrected chi connectivity index (χ2v) is 7.41. The molecule has 3 aromatic rings. The fourth-order valence-electron chi connectivity index (χ4n) is 2.76. The van der Waals surface area contributed by atoms with Crippen molar-refractivity contribution in [1.82, 2.24) is 24.3 Å². The van der Waals surface area contributed by atoms with E-state index in [0.717, 1.165) is 17.7 Å². The van der Waals surface area contributed by atoms with Crippen molar-refractivity contribution >= 4 is 10.0 Å². The Morgan fingerprint density at radius 3 is 2.64 bits per heavy atom. The van der Waals surface area contributed by atoms with Crippen molar-refractivity contribution in [2.45, 2.75) is 37.9 Å². The summed E-state index contributed by atoms with van der Waals surface area (Å²) >= 11 is 0. The zero-order valence-electron chi connectivity index (χ0n) is 14.2. The number of benzene rings is 1. The third-order valence-electron chi connectivity index (χ3n) is 3.87. The van der Waals surface area contributed by atoms with Crippen LogP contribution < -0.4 is 4.72 Å². The molecule has 0 aliphatic carbocycles. The maximum Gasteiger partial charge on any atom is 0.258 e. The molecule has 2 heterocycles. The molecule has 1 unspecified atom stereocenters. The summed E-state index contributed by atoms with van der Waals surface area (Å²) in [4.78, 5) is 0. The molecular formula is C17H21N5O2S. The third kappa shape index (κ3) is 3.64. The maximum absolute atomic E-state index is 12.8. The summed E-state index contributed by atoms with van der Waals surface area (Å²) in [5.41, 5.74) is 1.68. The first-order valence-corrected chi connectivity index (χ1v) is 9.64. The summed E-state index contributed by atoms with van der Waals surface area (Å²) < 4.78 is 31.5. The van der Waals surface area contributed by atoms with Crippen LogP contribution in [0.25, 0.3) is 5.69 Å². The van der Waals surface area contributed by atoms with Gasteiger partial charge < -0.3 is 0 Å². The van der Waals surface area contributed by atoms with Crippen molar-refractivity contribution in [3.05, 3.63) is 60.6 Å². The Hall–Kier alpha value is -2.45. The lowest BCUT2D eigenvalue weighted by atomic mass is 10.1. The van der Waals surface area contributed by atoms with Crippen molar-refractivity contribution in [2.75, 3.05) is 0 Å². The van der Waals surface area contributed by atoms with Gasteiger partial charge in [0.15, 0.2) is 5.03 Å². The molecule has 0 saturated carbocycles. The smallest absolute Gasteiger partial charge is 0.253 e. The number of sulfonamides is 1. The van der Waals surface area contributed by atoms with Gasteiger partial charge in [0.2, 0.25) is 0 Å². The molecule has 0 radical (unpaired) electrons. The van der Waals surface area contributed by atoms with Gasteiger partial charge in [-0.2, -0.15) is 10.2 Å². The minimum Gasteiger partial charge on any atom is -0.253 e. The number of hydrogen-bond donors (Lipinski definition) is 1. The Kier molecular flexibility index (Phi) is 5.00. The largest absolute Gasteiger partial charge is 0.258 e. The lowest BCUT2D eigenvalue weighted by Gasteiger charge is -2.18. The quantitative estimate of drug-likeness (QED) is 0.703. The van der Waals surface area contributed by atoms with Gasteiger partial charge in [0.1, 0.15) is 0 Å². The van der Waals surface area contributed by atoms with Crippen LogP contribution in [0, 0.1) is 0 Å². The average Bonchev–Trinajstić information content (AvgIpc) is 3.26. The molecule has 0 saturated heterocycles. The third-order valence-corrected chi connectivity index (χ3v) is 5.44.